The van der Waals surface area contributed by atoms with Crippen molar-refractivity contribution in [3.05, 3.63) is 276 Å². The first-order valence-electron chi connectivity index (χ1n) is 28.0. The summed E-state index contributed by atoms with van der Waals surface area (Å²) >= 11 is 0. The average molecular weight is 977 g/mol. The summed E-state index contributed by atoms with van der Waals surface area (Å²) in [7, 11) is 0. The summed E-state index contributed by atoms with van der Waals surface area (Å²) in [6.45, 7) is 4.74. The van der Waals surface area contributed by atoms with Gasteiger partial charge in [0.15, 0.2) is 0 Å². The first kappa shape index (κ1) is 44.1. The minimum absolute atomic E-state index is 0.0792. The van der Waals surface area contributed by atoms with Crippen molar-refractivity contribution >= 4 is 34.1 Å². The van der Waals surface area contributed by atoms with Crippen molar-refractivity contribution in [2.24, 2.45) is 23.7 Å². The van der Waals surface area contributed by atoms with Gasteiger partial charge in [-0.15, -0.1) is 0 Å². The quantitative estimate of drug-likeness (QED) is 0.150. The Hall–Kier alpha value is -8.20. The predicted molar refractivity (Wildman–Crippen MR) is 315 cm³/mol. The molecule has 0 amide bonds. The van der Waals surface area contributed by atoms with Gasteiger partial charge in [0.2, 0.25) is 0 Å². The molecule has 1 atom stereocenters. The summed E-state index contributed by atoms with van der Waals surface area (Å²) in [5, 5.41) is 0. The molecule has 4 bridgehead atoms. The lowest BCUT2D eigenvalue weighted by atomic mass is 9.51. The molecule has 0 N–H and O–H groups in total. The van der Waals surface area contributed by atoms with Crippen LogP contribution in [-0.4, -0.2) is 0 Å². The highest BCUT2D eigenvalue weighted by Crippen LogP contribution is 2.66. The number of para-hydroxylation sites is 2. The number of benzene rings is 10. The van der Waals surface area contributed by atoms with Crippen molar-refractivity contribution in [3.63, 3.8) is 0 Å². The minimum atomic E-state index is -0.604. The van der Waals surface area contributed by atoms with E-state index in [0.717, 1.165) is 46.4 Å². The van der Waals surface area contributed by atoms with Crippen LogP contribution in [0.2, 0.25) is 0 Å². The minimum Gasteiger partial charge on any atom is -0.310 e. The van der Waals surface area contributed by atoms with E-state index in [0.29, 0.717) is 5.92 Å². The maximum absolute atomic E-state index is 2.60. The van der Waals surface area contributed by atoms with E-state index in [1.165, 1.54) is 121 Å². The van der Waals surface area contributed by atoms with Crippen molar-refractivity contribution in [2.45, 2.75) is 62.7 Å². The molecule has 1 unspecified atom stereocenters. The van der Waals surface area contributed by atoms with Crippen LogP contribution in [0.1, 0.15) is 90.8 Å². The number of rotatable bonds is 8. The van der Waals surface area contributed by atoms with Crippen LogP contribution in [0.5, 0.6) is 0 Å². The summed E-state index contributed by atoms with van der Waals surface area (Å²) in [6, 6.07) is 90.3. The highest BCUT2D eigenvalue weighted by molar-refractivity contribution is 6.01. The molecule has 366 valence electrons. The average Bonchev–Trinajstić information content (AvgIpc) is 4.19. The van der Waals surface area contributed by atoms with E-state index >= 15 is 0 Å². The van der Waals surface area contributed by atoms with E-state index in [4.69, 9.17) is 0 Å². The van der Waals surface area contributed by atoms with E-state index in [2.05, 4.69) is 260 Å². The van der Waals surface area contributed by atoms with Crippen molar-refractivity contribution in [1.82, 2.24) is 0 Å². The van der Waals surface area contributed by atoms with Gasteiger partial charge in [-0.25, -0.2) is 0 Å². The molecule has 76 heavy (non-hydrogen) atoms. The molecule has 10 aromatic rings. The topological polar surface area (TPSA) is 6.48 Å². The predicted octanol–water partition coefficient (Wildman–Crippen LogP) is 19.5. The van der Waals surface area contributed by atoms with Gasteiger partial charge in [0.05, 0.1) is 11.1 Å². The van der Waals surface area contributed by atoms with Gasteiger partial charge < -0.3 is 9.80 Å². The molecular weight excluding hydrogens is 917 g/mol. The maximum atomic E-state index is 2.60. The van der Waals surface area contributed by atoms with Crippen LogP contribution in [0.15, 0.2) is 237 Å². The van der Waals surface area contributed by atoms with Crippen molar-refractivity contribution < 1.29 is 0 Å². The molecule has 2 heteroatoms. The fraction of sp³-hybridized carbons (Fsp3) is 0.189. The van der Waals surface area contributed by atoms with Gasteiger partial charge in [0.1, 0.15) is 0 Å². The third kappa shape index (κ3) is 6.34. The molecule has 0 saturated heterocycles. The summed E-state index contributed by atoms with van der Waals surface area (Å²) in [5.41, 5.74) is 26.1. The molecule has 4 saturated carbocycles. The second kappa shape index (κ2) is 16.6. The zero-order valence-electron chi connectivity index (χ0n) is 43.3. The van der Waals surface area contributed by atoms with Gasteiger partial charge in [-0.2, -0.15) is 0 Å². The van der Waals surface area contributed by atoms with Crippen LogP contribution in [-0.2, 0) is 10.8 Å². The van der Waals surface area contributed by atoms with Crippen molar-refractivity contribution in [3.8, 4) is 44.5 Å². The van der Waals surface area contributed by atoms with Gasteiger partial charge in [0, 0.05) is 39.4 Å². The molecule has 10 aromatic carbocycles. The second-order valence-electron chi connectivity index (χ2n) is 23.6. The SMILES string of the molecule is CC1(C)c2ccccc2-c2cc(N(c3ccccc3)c3ccc4c(c3)C3(c5ccccc5-4)c4ccccc4-c4cc(-c5ccccc5)c(N(c5ccccc5)c5ccc(C6C7CC8CC(C7)CC6C8)cc5)cc43)ccc21. The van der Waals surface area contributed by atoms with Crippen LogP contribution in [0.25, 0.3) is 44.5 Å². The van der Waals surface area contributed by atoms with E-state index in [1.807, 2.05) is 0 Å². The second-order valence-corrected chi connectivity index (χ2v) is 23.6. The normalized spacial score (nSPS) is 22.1. The Bertz CT molecular complexity index is 3900. The molecule has 0 radical (unpaired) electrons. The van der Waals surface area contributed by atoms with E-state index in [-0.39, 0.29) is 5.41 Å². The Morgan fingerprint density at radius 1 is 0.316 bits per heavy atom. The van der Waals surface area contributed by atoms with Crippen LogP contribution in [0, 0.1) is 23.7 Å². The zero-order valence-corrected chi connectivity index (χ0v) is 43.3. The molecule has 7 aliphatic rings. The number of hydrogen-bond donors (Lipinski definition) is 0. The van der Waals surface area contributed by atoms with Gasteiger partial charge in [-0.1, -0.05) is 178 Å². The highest BCUT2D eigenvalue weighted by atomic mass is 15.1. The number of anilines is 6. The lowest BCUT2D eigenvalue weighted by Crippen LogP contribution is -2.43. The molecule has 0 aromatic heterocycles. The summed E-state index contributed by atoms with van der Waals surface area (Å²) in [5.74, 6) is 4.27. The van der Waals surface area contributed by atoms with Crippen LogP contribution >= 0.6 is 0 Å². The summed E-state index contributed by atoms with van der Waals surface area (Å²) in [6.07, 6.45) is 7.18. The van der Waals surface area contributed by atoms with Crippen molar-refractivity contribution in [2.75, 3.05) is 9.80 Å². The van der Waals surface area contributed by atoms with Gasteiger partial charge >= 0.3 is 0 Å². The van der Waals surface area contributed by atoms with Crippen molar-refractivity contribution in [1.29, 1.82) is 0 Å². The molecule has 2 nitrogen and oxygen atoms in total. The van der Waals surface area contributed by atoms with Gasteiger partial charge in [-0.3, -0.25) is 0 Å². The Balaban J connectivity index is 0.919. The number of nitrogens with zero attached hydrogens (tertiary/aromatic N) is 2. The smallest absolute Gasteiger partial charge is 0.0727 e. The number of fused-ring (bicyclic) bond motifs is 13. The van der Waals surface area contributed by atoms with Gasteiger partial charge in [-0.05, 0) is 212 Å². The Labute approximate surface area is 448 Å². The molecule has 0 aliphatic heterocycles. The standard InChI is InChI=1S/C74H60N2/c1-73(2)65-27-15-12-25-59(65)63-43-56(35-37-66(63)73)75(53-20-8-4-9-21-53)57-34-36-61-58-24-13-16-28-67(58)74(69(61)44-57)68-29-17-14-26-60(68)64-45-62(49-18-6-3-7-19-49)71(46-70(64)74)76(54-22-10-5-11-23-54)55-32-30-50(31-33-55)72-51-39-47-38-48(41-51)42-52(72)40-47/h3-37,43-48,51-52,72H,38-42H2,1-2H3. The Kier molecular flexibility index (Phi) is 9.67. The monoisotopic (exact) mass is 976 g/mol. The number of hydrogen-bond acceptors (Lipinski definition) is 2. The van der Waals surface area contributed by atoms with Gasteiger partial charge in [0.25, 0.3) is 0 Å². The van der Waals surface area contributed by atoms with E-state index in [1.54, 1.807) is 5.56 Å². The lowest BCUT2D eigenvalue weighted by Gasteiger charge is -2.54. The zero-order chi connectivity index (χ0) is 50.3. The van der Waals surface area contributed by atoms with E-state index < -0.39 is 5.41 Å². The lowest BCUT2D eigenvalue weighted by molar-refractivity contribution is -0.00277. The summed E-state index contributed by atoms with van der Waals surface area (Å²) in [4.78, 5) is 5.05. The molecular formula is C74H60N2. The Morgan fingerprint density at radius 3 is 1.41 bits per heavy atom. The molecule has 7 aliphatic carbocycles. The fourth-order valence-corrected chi connectivity index (χ4v) is 16.5. The van der Waals surface area contributed by atoms with E-state index in [9.17, 15) is 0 Å². The first-order chi connectivity index (χ1) is 37.4. The molecule has 4 fully saturated rings. The van der Waals surface area contributed by atoms with Crippen LogP contribution in [0.3, 0.4) is 0 Å². The molecule has 1 spiro atoms. The van der Waals surface area contributed by atoms with Crippen LogP contribution < -0.4 is 9.80 Å². The fourth-order valence-electron chi connectivity index (χ4n) is 16.5. The summed E-state index contributed by atoms with van der Waals surface area (Å²) < 4.78 is 0. The Morgan fingerprint density at radius 2 is 0.763 bits per heavy atom. The third-order valence-corrected chi connectivity index (χ3v) is 19.4. The van der Waals surface area contributed by atoms with Crippen LogP contribution in [0.4, 0.5) is 34.1 Å². The third-order valence-electron chi connectivity index (χ3n) is 19.4. The molecule has 17 rings (SSSR count). The first-order valence-corrected chi connectivity index (χ1v) is 28.0. The molecule has 0 heterocycles. The largest absolute Gasteiger partial charge is 0.310 e. The highest BCUT2D eigenvalue weighted by Gasteiger charge is 2.53. The maximum Gasteiger partial charge on any atom is 0.0727 e.